The monoisotopic (exact) mass is 358 g/mol. The van der Waals surface area contributed by atoms with Crippen LogP contribution in [0, 0.1) is 0 Å². The second-order valence-electron chi connectivity index (χ2n) is 4.69. The highest BCUT2D eigenvalue weighted by atomic mass is 79.9. The fourth-order valence-corrected chi connectivity index (χ4v) is 2.28. The predicted octanol–water partition coefficient (Wildman–Crippen LogP) is 3.91. The van der Waals surface area contributed by atoms with Gasteiger partial charge in [-0.2, -0.15) is 0 Å². The van der Waals surface area contributed by atoms with Gasteiger partial charge in [-0.25, -0.2) is 9.59 Å². The van der Waals surface area contributed by atoms with E-state index in [2.05, 4.69) is 15.9 Å². The van der Waals surface area contributed by atoms with Crippen LogP contribution < -0.4 is 5.63 Å². The van der Waals surface area contributed by atoms with Crippen molar-refractivity contribution in [3.63, 3.8) is 0 Å². The highest BCUT2D eigenvalue weighted by Gasteiger charge is 2.15. The molecule has 1 heterocycles. The van der Waals surface area contributed by atoms with E-state index < -0.39 is 11.6 Å². The minimum atomic E-state index is -0.695. The van der Waals surface area contributed by atoms with Crippen LogP contribution in [-0.2, 0) is 11.3 Å². The molecule has 2 aromatic carbocycles. The van der Waals surface area contributed by atoms with Crippen molar-refractivity contribution in [1.82, 2.24) is 0 Å². The van der Waals surface area contributed by atoms with Crippen molar-refractivity contribution in [2.24, 2.45) is 0 Å². The number of hydrogen-bond donors (Lipinski definition) is 0. The molecule has 0 radical (unpaired) electrons. The van der Waals surface area contributed by atoms with E-state index in [1.807, 2.05) is 24.3 Å². The fraction of sp³-hybridized carbons (Fsp3) is 0.0588. The Morgan fingerprint density at radius 3 is 2.59 bits per heavy atom. The Morgan fingerprint density at radius 1 is 1.09 bits per heavy atom. The molecule has 0 amide bonds. The zero-order valence-electron chi connectivity index (χ0n) is 11.4. The van der Waals surface area contributed by atoms with E-state index in [0.717, 1.165) is 10.0 Å². The molecule has 22 heavy (non-hydrogen) atoms. The largest absolute Gasteiger partial charge is 0.457 e. The summed E-state index contributed by atoms with van der Waals surface area (Å²) < 4.78 is 11.2. The standard InChI is InChI=1S/C17H11BrO4/c18-13-7-5-11(6-8-13)10-21-16(19)14-9-12-3-1-2-4-15(12)22-17(14)20/h1-9H,10H2. The Balaban J connectivity index is 1.81. The highest BCUT2D eigenvalue weighted by Crippen LogP contribution is 2.14. The van der Waals surface area contributed by atoms with Crippen molar-refractivity contribution in [2.45, 2.75) is 6.61 Å². The van der Waals surface area contributed by atoms with E-state index in [0.29, 0.717) is 11.0 Å². The van der Waals surface area contributed by atoms with Gasteiger partial charge >= 0.3 is 11.6 Å². The molecule has 0 aliphatic rings. The number of fused-ring (bicyclic) bond motifs is 1. The zero-order valence-corrected chi connectivity index (χ0v) is 13.0. The maximum Gasteiger partial charge on any atom is 0.351 e. The first-order valence-corrected chi connectivity index (χ1v) is 7.37. The molecular weight excluding hydrogens is 348 g/mol. The molecule has 4 nitrogen and oxygen atoms in total. The molecule has 110 valence electrons. The van der Waals surface area contributed by atoms with E-state index in [9.17, 15) is 9.59 Å². The van der Waals surface area contributed by atoms with Crippen LogP contribution in [0.15, 0.2) is 68.3 Å². The number of carbonyl (C=O) groups excluding carboxylic acids is 1. The van der Waals surface area contributed by atoms with Crippen molar-refractivity contribution in [1.29, 1.82) is 0 Å². The third-order valence-electron chi connectivity index (χ3n) is 3.14. The number of rotatable bonds is 3. The van der Waals surface area contributed by atoms with Crippen LogP contribution in [0.1, 0.15) is 15.9 Å². The van der Waals surface area contributed by atoms with Crippen molar-refractivity contribution in [3.8, 4) is 0 Å². The lowest BCUT2D eigenvalue weighted by molar-refractivity contribution is 0.0468. The number of benzene rings is 2. The molecular formula is C17H11BrO4. The minimum absolute atomic E-state index is 0.0956. The van der Waals surface area contributed by atoms with Crippen LogP contribution in [0.4, 0.5) is 0 Å². The van der Waals surface area contributed by atoms with Crippen molar-refractivity contribution in [2.75, 3.05) is 0 Å². The number of esters is 1. The third-order valence-corrected chi connectivity index (χ3v) is 3.67. The Morgan fingerprint density at radius 2 is 1.82 bits per heavy atom. The van der Waals surface area contributed by atoms with Gasteiger partial charge in [0.05, 0.1) is 0 Å². The van der Waals surface area contributed by atoms with Crippen molar-refractivity contribution in [3.05, 3.63) is 80.6 Å². The van der Waals surface area contributed by atoms with Gasteiger partial charge < -0.3 is 9.15 Å². The van der Waals surface area contributed by atoms with E-state index in [4.69, 9.17) is 9.15 Å². The lowest BCUT2D eigenvalue weighted by atomic mass is 10.2. The smallest absolute Gasteiger partial charge is 0.351 e. The van der Waals surface area contributed by atoms with Gasteiger partial charge in [0.15, 0.2) is 0 Å². The van der Waals surface area contributed by atoms with Gasteiger partial charge in [-0.1, -0.05) is 46.3 Å². The lowest BCUT2D eigenvalue weighted by Gasteiger charge is -2.05. The second kappa shape index (κ2) is 6.15. The van der Waals surface area contributed by atoms with E-state index in [1.165, 1.54) is 6.07 Å². The summed E-state index contributed by atoms with van der Waals surface area (Å²) >= 11 is 3.33. The average molecular weight is 359 g/mol. The SMILES string of the molecule is O=C(OCc1ccc(Br)cc1)c1cc2ccccc2oc1=O. The van der Waals surface area contributed by atoms with Gasteiger partial charge in [0.25, 0.3) is 0 Å². The first-order valence-electron chi connectivity index (χ1n) is 6.58. The first kappa shape index (κ1) is 14.5. The molecule has 0 aliphatic carbocycles. The van der Waals surface area contributed by atoms with Gasteiger partial charge in [-0.3, -0.25) is 0 Å². The lowest BCUT2D eigenvalue weighted by Crippen LogP contribution is -2.16. The number of carbonyl (C=O) groups is 1. The van der Waals surface area contributed by atoms with Gasteiger partial charge in [0.2, 0.25) is 0 Å². The highest BCUT2D eigenvalue weighted by molar-refractivity contribution is 9.10. The average Bonchev–Trinajstić information content (AvgIpc) is 2.53. The molecule has 5 heteroatoms. The van der Waals surface area contributed by atoms with Gasteiger partial charge in [-0.05, 0) is 29.8 Å². The molecule has 0 aliphatic heterocycles. The summed E-state index contributed by atoms with van der Waals surface area (Å²) in [4.78, 5) is 23.9. The molecule has 1 aromatic heterocycles. The van der Waals surface area contributed by atoms with Gasteiger partial charge in [0, 0.05) is 9.86 Å². The topological polar surface area (TPSA) is 56.5 Å². The summed E-state index contributed by atoms with van der Waals surface area (Å²) in [5.41, 5.74) is 0.481. The number of hydrogen-bond acceptors (Lipinski definition) is 4. The molecule has 3 aromatic rings. The van der Waals surface area contributed by atoms with Crippen LogP contribution >= 0.6 is 15.9 Å². The Hall–Kier alpha value is -2.40. The quantitative estimate of drug-likeness (QED) is 0.526. The normalized spacial score (nSPS) is 10.6. The zero-order chi connectivity index (χ0) is 15.5. The van der Waals surface area contributed by atoms with E-state index in [1.54, 1.807) is 24.3 Å². The number of halogens is 1. The first-order chi connectivity index (χ1) is 10.6. The number of para-hydroxylation sites is 1. The molecule has 0 unspecified atom stereocenters. The van der Waals surface area contributed by atoms with Gasteiger partial charge in [0.1, 0.15) is 17.8 Å². The molecule has 0 fully saturated rings. The third kappa shape index (κ3) is 3.09. The summed E-state index contributed by atoms with van der Waals surface area (Å²) in [5, 5.41) is 0.678. The van der Waals surface area contributed by atoms with Gasteiger partial charge in [-0.15, -0.1) is 0 Å². The summed E-state index contributed by atoms with van der Waals surface area (Å²) in [6.07, 6.45) is 0. The van der Waals surface area contributed by atoms with Crippen LogP contribution in [0.5, 0.6) is 0 Å². The predicted molar refractivity (Wildman–Crippen MR) is 85.7 cm³/mol. The summed E-state index contributed by atoms with van der Waals surface area (Å²) in [6.45, 7) is 0.0956. The van der Waals surface area contributed by atoms with E-state index >= 15 is 0 Å². The minimum Gasteiger partial charge on any atom is -0.457 e. The molecule has 0 bridgehead atoms. The van der Waals surface area contributed by atoms with Crippen LogP contribution in [0.25, 0.3) is 11.0 Å². The molecule has 3 rings (SSSR count). The van der Waals surface area contributed by atoms with E-state index in [-0.39, 0.29) is 12.2 Å². The summed E-state index contributed by atoms with van der Waals surface area (Å²) in [7, 11) is 0. The van der Waals surface area contributed by atoms with Crippen LogP contribution in [0.3, 0.4) is 0 Å². The molecule has 0 saturated heterocycles. The second-order valence-corrected chi connectivity index (χ2v) is 5.60. The molecule has 0 spiro atoms. The summed E-state index contributed by atoms with van der Waals surface area (Å²) in [6, 6.07) is 15.9. The maximum atomic E-state index is 12.1. The Kier molecular flexibility index (Phi) is 4.06. The van der Waals surface area contributed by atoms with Crippen LogP contribution in [-0.4, -0.2) is 5.97 Å². The fourth-order valence-electron chi connectivity index (χ4n) is 2.01. The maximum absolute atomic E-state index is 12.1. The Labute approximate surface area is 134 Å². The Bertz CT molecular complexity index is 881. The summed E-state index contributed by atoms with van der Waals surface area (Å²) in [5.74, 6) is -0.692. The van der Waals surface area contributed by atoms with Crippen molar-refractivity contribution < 1.29 is 13.9 Å². The van der Waals surface area contributed by atoms with Crippen molar-refractivity contribution >= 4 is 32.9 Å². The van der Waals surface area contributed by atoms with Crippen LogP contribution in [0.2, 0.25) is 0 Å². The molecule has 0 saturated carbocycles. The molecule has 0 N–H and O–H groups in total. The number of ether oxygens (including phenoxy) is 1. The molecule has 0 atom stereocenters.